The molecule has 0 aromatic heterocycles. The van der Waals surface area contributed by atoms with Gasteiger partial charge in [-0.05, 0) is 6.07 Å². The van der Waals surface area contributed by atoms with Crippen molar-refractivity contribution in [3.8, 4) is 17.2 Å². The number of fused-ring (bicyclic) bond motifs is 1. The van der Waals surface area contributed by atoms with Gasteiger partial charge in [-0.3, -0.25) is 9.69 Å². The lowest BCUT2D eigenvalue weighted by Crippen LogP contribution is -2.32. The Kier molecular flexibility index (Phi) is 6.49. The van der Waals surface area contributed by atoms with Gasteiger partial charge in [0.15, 0.2) is 11.5 Å². The lowest BCUT2D eigenvalue weighted by Gasteiger charge is -2.22. The molecule has 0 amide bonds. The van der Waals surface area contributed by atoms with Crippen molar-refractivity contribution in [2.75, 3.05) is 47.1 Å². The van der Waals surface area contributed by atoms with Gasteiger partial charge in [-0.2, -0.15) is 0 Å². The summed E-state index contributed by atoms with van der Waals surface area (Å²) in [4.78, 5) is 12.8. The van der Waals surface area contributed by atoms with E-state index in [9.17, 15) is 4.79 Å². The summed E-state index contributed by atoms with van der Waals surface area (Å²) in [7, 11) is 3.17. The van der Waals surface area contributed by atoms with Gasteiger partial charge in [0.05, 0.1) is 33.5 Å². The largest absolute Gasteiger partial charge is 0.496 e. The Bertz CT molecular complexity index is 534. The molecule has 0 bridgehead atoms. The van der Waals surface area contributed by atoms with Gasteiger partial charge >= 0.3 is 5.97 Å². The highest BCUT2D eigenvalue weighted by Crippen LogP contribution is 2.36. The Labute approximate surface area is 135 Å². The zero-order chi connectivity index (χ0) is 16.7. The highest BCUT2D eigenvalue weighted by Gasteiger charge is 2.18. The van der Waals surface area contributed by atoms with Crippen LogP contribution in [0.5, 0.6) is 17.2 Å². The van der Waals surface area contributed by atoms with Gasteiger partial charge in [-0.15, -0.1) is 0 Å². The number of nitrogens with zero attached hydrogens (tertiary/aromatic N) is 1. The fourth-order valence-electron chi connectivity index (χ4n) is 2.41. The topological polar surface area (TPSA) is 77.5 Å². The summed E-state index contributed by atoms with van der Waals surface area (Å²) in [6, 6.07) is 3.66. The van der Waals surface area contributed by atoms with E-state index in [1.807, 2.05) is 6.07 Å². The molecule has 1 aromatic rings. The monoisotopic (exact) mass is 325 g/mol. The molecule has 0 saturated heterocycles. The zero-order valence-electron chi connectivity index (χ0n) is 13.5. The van der Waals surface area contributed by atoms with E-state index in [0.717, 1.165) is 12.0 Å². The second-order valence-electron chi connectivity index (χ2n) is 5.26. The van der Waals surface area contributed by atoms with Crippen LogP contribution in [0.3, 0.4) is 0 Å². The molecule has 1 heterocycles. The number of carboxylic acids is 1. The van der Waals surface area contributed by atoms with Crippen molar-refractivity contribution >= 4 is 5.97 Å². The highest BCUT2D eigenvalue weighted by atomic mass is 16.5. The molecular weight excluding hydrogens is 302 g/mol. The number of aliphatic carboxylic acids is 1. The number of carbonyl (C=O) groups is 1. The third-order valence-electron chi connectivity index (χ3n) is 3.52. The van der Waals surface area contributed by atoms with Gasteiger partial charge in [0.2, 0.25) is 0 Å². The average molecular weight is 325 g/mol. The summed E-state index contributed by atoms with van der Waals surface area (Å²) < 4.78 is 21.8. The van der Waals surface area contributed by atoms with E-state index in [4.69, 9.17) is 24.1 Å². The number of rotatable bonds is 8. The quantitative estimate of drug-likeness (QED) is 0.774. The Hall–Kier alpha value is -1.99. The van der Waals surface area contributed by atoms with Crippen LogP contribution in [-0.2, 0) is 16.1 Å². The maximum Gasteiger partial charge on any atom is 0.317 e. The van der Waals surface area contributed by atoms with Crippen LogP contribution in [0.4, 0.5) is 0 Å². The van der Waals surface area contributed by atoms with Gasteiger partial charge < -0.3 is 24.1 Å². The van der Waals surface area contributed by atoms with Crippen molar-refractivity contribution in [1.82, 2.24) is 4.90 Å². The van der Waals surface area contributed by atoms with Gasteiger partial charge in [-0.25, -0.2) is 0 Å². The molecule has 23 heavy (non-hydrogen) atoms. The minimum Gasteiger partial charge on any atom is -0.496 e. The van der Waals surface area contributed by atoms with E-state index in [-0.39, 0.29) is 6.54 Å². The molecule has 0 radical (unpaired) electrons. The molecule has 1 aromatic carbocycles. The molecule has 1 N–H and O–H groups in total. The summed E-state index contributed by atoms with van der Waals surface area (Å²) in [5.41, 5.74) is 0.856. The lowest BCUT2D eigenvalue weighted by molar-refractivity contribution is -0.138. The second-order valence-corrected chi connectivity index (χ2v) is 5.26. The summed E-state index contributed by atoms with van der Waals surface area (Å²) in [6.07, 6.45) is 0.825. The first-order valence-electron chi connectivity index (χ1n) is 7.53. The molecule has 0 fully saturated rings. The van der Waals surface area contributed by atoms with E-state index in [1.165, 1.54) is 0 Å². The number of methoxy groups -OCH3 is 2. The summed E-state index contributed by atoms with van der Waals surface area (Å²) in [6.45, 7) is 2.53. The van der Waals surface area contributed by atoms with Crippen molar-refractivity contribution in [3.63, 3.8) is 0 Å². The van der Waals surface area contributed by atoms with Gasteiger partial charge in [0.25, 0.3) is 0 Å². The lowest BCUT2D eigenvalue weighted by atomic mass is 10.1. The SMILES string of the molecule is COCCN(CC(=O)O)Cc1cc2c(cc1OC)OCCCO2. The van der Waals surface area contributed by atoms with Gasteiger partial charge in [0.1, 0.15) is 5.75 Å². The van der Waals surface area contributed by atoms with Crippen molar-refractivity contribution < 1.29 is 28.8 Å². The van der Waals surface area contributed by atoms with Crippen LogP contribution in [0, 0.1) is 0 Å². The van der Waals surface area contributed by atoms with Gasteiger partial charge in [-0.1, -0.05) is 0 Å². The fourth-order valence-corrected chi connectivity index (χ4v) is 2.41. The van der Waals surface area contributed by atoms with Crippen molar-refractivity contribution in [1.29, 1.82) is 0 Å². The summed E-state index contributed by atoms with van der Waals surface area (Å²) >= 11 is 0. The molecule has 1 aliphatic rings. The first kappa shape index (κ1) is 17.4. The normalized spacial score (nSPS) is 13.7. The predicted molar refractivity (Wildman–Crippen MR) is 83.4 cm³/mol. The fraction of sp³-hybridized carbons (Fsp3) is 0.562. The first-order valence-corrected chi connectivity index (χ1v) is 7.53. The van der Waals surface area contributed by atoms with E-state index in [2.05, 4.69) is 0 Å². The highest BCUT2D eigenvalue weighted by molar-refractivity contribution is 5.69. The molecular formula is C16H23NO6. The smallest absolute Gasteiger partial charge is 0.317 e. The molecule has 0 aliphatic carbocycles. The molecule has 128 valence electrons. The Balaban J connectivity index is 2.21. The molecule has 0 unspecified atom stereocenters. The maximum absolute atomic E-state index is 11.0. The third kappa shape index (κ3) is 5.01. The molecule has 7 nitrogen and oxygen atoms in total. The van der Waals surface area contributed by atoms with Crippen molar-refractivity contribution in [3.05, 3.63) is 17.7 Å². The van der Waals surface area contributed by atoms with Crippen LogP contribution in [0.25, 0.3) is 0 Å². The molecule has 0 atom stereocenters. The average Bonchev–Trinajstić information content (AvgIpc) is 2.76. The number of hydrogen-bond donors (Lipinski definition) is 1. The van der Waals surface area contributed by atoms with Crippen LogP contribution in [0.1, 0.15) is 12.0 Å². The molecule has 0 saturated carbocycles. The molecule has 2 rings (SSSR count). The Morgan fingerprint density at radius 3 is 2.57 bits per heavy atom. The third-order valence-corrected chi connectivity index (χ3v) is 3.52. The van der Waals surface area contributed by atoms with Crippen LogP contribution in [-0.4, -0.2) is 63.1 Å². The minimum absolute atomic E-state index is 0.0685. The van der Waals surface area contributed by atoms with Crippen molar-refractivity contribution in [2.45, 2.75) is 13.0 Å². The number of carboxylic acid groups (broad SMARTS) is 1. The minimum atomic E-state index is -0.880. The van der Waals surface area contributed by atoms with Crippen LogP contribution < -0.4 is 14.2 Å². The predicted octanol–water partition coefficient (Wildman–Crippen LogP) is 1.39. The van der Waals surface area contributed by atoms with Gasteiger partial charge in [0, 0.05) is 38.2 Å². The maximum atomic E-state index is 11.0. The van der Waals surface area contributed by atoms with Crippen LogP contribution >= 0.6 is 0 Å². The summed E-state index contributed by atoms with van der Waals surface area (Å²) in [5.74, 6) is 1.10. The molecule has 1 aliphatic heterocycles. The van der Waals surface area contributed by atoms with E-state index in [0.29, 0.717) is 50.2 Å². The Morgan fingerprint density at radius 1 is 1.26 bits per heavy atom. The molecule has 0 spiro atoms. The zero-order valence-corrected chi connectivity index (χ0v) is 13.5. The van der Waals surface area contributed by atoms with Crippen molar-refractivity contribution in [2.24, 2.45) is 0 Å². The van der Waals surface area contributed by atoms with E-state index >= 15 is 0 Å². The second kappa shape index (κ2) is 8.59. The first-order chi connectivity index (χ1) is 11.1. The Morgan fingerprint density at radius 2 is 1.96 bits per heavy atom. The van der Waals surface area contributed by atoms with E-state index in [1.54, 1.807) is 25.2 Å². The van der Waals surface area contributed by atoms with E-state index < -0.39 is 5.97 Å². The van der Waals surface area contributed by atoms with Crippen LogP contribution in [0.15, 0.2) is 12.1 Å². The molecule has 7 heteroatoms. The summed E-state index contributed by atoms with van der Waals surface area (Å²) in [5, 5.41) is 9.06. The van der Waals surface area contributed by atoms with Crippen LogP contribution in [0.2, 0.25) is 0 Å². The standard InChI is InChI=1S/C16H23NO6/c1-20-7-4-17(11-16(18)19)10-12-8-14-15(9-13(12)21-2)23-6-3-5-22-14/h8-9H,3-7,10-11H2,1-2H3,(H,18,19). The number of benzene rings is 1. The number of hydrogen-bond acceptors (Lipinski definition) is 6. The number of ether oxygens (including phenoxy) is 4.